The van der Waals surface area contributed by atoms with Crippen LogP contribution in [0.15, 0.2) is 50.7 Å². The Hall–Kier alpha value is -1.35. The van der Waals surface area contributed by atoms with Gasteiger partial charge in [-0.1, -0.05) is 28.1 Å². The Labute approximate surface area is 160 Å². The van der Waals surface area contributed by atoms with Crippen molar-refractivity contribution in [1.29, 1.82) is 0 Å². The van der Waals surface area contributed by atoms with Gasteiger partial charge in [-0.05, 0) is 54.8 Å². The van der Waals surface area contributed by atoms with Gasteiger partial charge in [-0.25, -0.2) is 13.6 Å². The van der Waals surface area contributed by atoms with Crippen LogP contribution in [0.5, 0.6) is 0 Å². The average Bonchev–Trinajstić information content (AvgIpc) is 2.54. The fourth-order valence-corrected chi connectivity index (χ4v) is 4.01. The van der Waals surface area contributed by atoms with Gasteiger partial charge in [0.2, 0.25) is 15.9 Å². The molecule has 2 rings (SSSR count). The standard InChI is InChI=1S/C17H19BrN2O3S2/c1-11-8-16(12(2)7-15(11)18)24-10-17(21)20-9-13-3-5-14(6-4-13)25(19,22)23/h3-8H,9-10H2,1-2H3,(H,20,21)(H2,19,22,23). The molecule has 8 heteroatoms. The lowest BCUT2D eigenvalue weighted by Gasteiger charge is -2.09. The van der Waals surface area contributed by atoms with Crippen LogP contribution in [0, 0.1) is 13.8 Å². The zero-order chi connectivity index (χ0) is 18.6. The molecule has 0 aliphatic rings. The number of hydrogen-bond donors (Lipinski definition) is 2. The number of amides is 1. The minimum atomic E-state index is -3.69. The van der Waals surface area contributed by atoms with Gasteiger partial charge in [-0.15, -0.1) is 11.8 Å². The summed E-state index contributed by atoms with van der Waals surface area (Å²) in [6.07, 6.45) is 0. The lowest BCUT2D eigenvalue weighted by molar-refractivity contribution is -0.118. The Morgan fingerprint density at radius 1 is 1.16 bits per heavy atom. The van der Waals surface area contributed by atoms with Crippen molar-refractivity contribution in [3.8, 4) is 0 Å². The predicted molar refractivity (Wildman–Crippen MR) is 104 cm³/mol. The van der Waals surface area contributed by atoms with Crippen LogP contribution < -0.4 is 10.5 Å². The minimum Gasteiger partial charge on any atom is -0.351 e. The Morgan fingerprint density at radius 2 is 1.80 bits per heavy atom. The largest absolute Gasteiger partial charge is 0.351 e. The minimum absolute atomic E-state index is 0.0548. The van der Waals surface area contributed by atoms with Crippen LogP contribution in [0.25, 0.3) is 0 Å². The highest BCUT2D eigenvalue weighted by molar-refractivity contribution is 9.10. The van der Waals surface area contributed by atoms with E-state index in [0.29, 0.717) is 12.3 Å². The number of hydrogen-bond acceptors (Lipinski definition) is 4. The number of nitrogens with two attached hydrogens (primary N) is 1. The lowest BCUT2D eigenvalue weighted by atomic mass is 10.2. The molecule has 2 aromatic rings. The fraction of sp³-hybridized carbons (Fsp3) is 0.235. The van der Waals surface area contributed by atoms with E-state index >= 15 is 0 Å². The maximum atomic E-state index is 12.0. The smallest absolute Gasteiger partial charge is 0.238 e. The molecule has 2 aromatic carbocycles. The van der Waals surface area contributed by atoms with Crippen LogP contribution in [0.4, 0.5) is 0 Å². The van der Waals surface area contributed by atoms with Gasteiger partial charge in [0.15, 0.2) is 0 Å². The van der Waals surface area contributed by atoms with Crippen molar-refractivity contribution >= 4 is 43.6 Å². The number of aryl methyl sites for hydroxylation is 2. The summed E-state index contributed by atoms with van der Waals surface area (Å²) in [6.45, 7) is 4.36. The van der Waals surface area contributed by atoms with Crippen molar-refractivity contribution in [2.24, 2.45) is 5.14 Å². The number of primary sulfonamides is 1. The highest BCUT2D eigenvalue weighted by Crippen LogP contribution is 2.28. The molecule has 0 aliphatic carbocycles. The summed E-state index contributed by atoms with van der Waals surface area (Å²) in [4.78, 5) is 13.2. The molecule has 25 heavy (non-hydrogen) atoms. The van der Waals surface area contributed by atoms with Crippen LogP contribution in [0.2, 0.25) is 0 Å². The quantitative estimate of drug-likeness (QED) is 0.672. The maximum Gasteiger partial charge on any atom is 0.238 e. The molecule has 0 atom stereocenters. The van der Waals surface area contributed by atoms with Gasteiger partial charge < -0.3 is 5.32 Å². The van der Waals surface area contributed by atoms with E-state index in [1.165, 1.54) is 23.9 Å². The summed E-state index contributed by atoms with van der Waals surface area (Å²) < 4.78 is 23.5. The molecule has 0 radical (unpaired) electrons. The molecule has 5 nitrogen and oxygen atoms in total. The molecule has 1 amide bonds. The molecular formula is C17H19BrN2O3S2. The van der Waals surface area contributed by atoms with E-state index < -0.39 is 10.0 Å². The zero-order valence-corrected chi connectivity index (χ0v) is 17.1. The predicted octanol–water partition coefficient (Wildman–Crippen LogP) is 3.12. The maximum absolute atomic E-state index is 12.0. The Balaban J connectivity index is 1.88. The number of carbonyl (C=O) groups excluding carboxylic acids is 1. The first-order valence-corrected chi connectivity index (χ1v) is 10.8. The van der Waals surface area contributed by atoms with Crippen LogP contribution in [-0.4, -0.2) is 20.1 Å². The first-order chi connectivity index (χ1) is 11.7. The summed E-state index contributed by atoms with van der Waals surface area (Å²) in [7, 11) is -3.69. The Bertz CT molecular complexity index is 882. The van der Waals surface area contributed by atoms with Crippen molar-refractivity contribution in [1.82, 2.24) is 5.32 Å². The molecule has 0 saturated carbocycles. The van der Waals surface area contributed by atoms with Gasteiger partial charge in [0.1, 0.15) is 0 Å². The van der Waals surface area contributed by atoms with Crippen molar-refractivity contribution in [2.45, 2.75) is 30.2 Å². The van der Waals surface area contributed by atoms with Crippen molar-refractivity contribution in [2.75, 3.05) is 5.75 Å². The highest BCUT2D eigenvalue weighted by atomic mass is 79.9. The average molecular weight is 443 g/mol. The summed E-state index contributed by atoms with van der Waals surface area (Å²) in [5.74, 6) is 0.234. The molecule has 0 saturated heterocycles. The number of sulfonamides is 1. The van der Waals surface area contributed by atoms with E-state index in [9.17, 15) is 13.2 Å². The number of carbonyl (C=O) groups is 1. The molecule has 0 spiro atoms. The second-order valence-corrected chi connectivity index (χ2v) is 9.05. The monoisotopic (exact) mass is 442 g/mol. The molecule has 0 fully saturated rings. The molecule has 0 aromatic heterocycles. The number of halogens is 1. The summed E-state index contributed by atoms with van der Waals surface area (Å²) >= 11 is 4.98. The second kappa shape index (κ2) is 8.35. The van der Waals surface area contributed by atoms with E-state index in [0.717, 1.165) is 26.1 Å². The number of benzene rings is 2. The first kappa shape index (κ1) is 20.0. The SMILES string of the molecule is Cc1cc(SCC(=O)NCc2ccc(S(N)(=O)=O)cc2)c(C)cc1Br. The van der Waals surface area contributed by atoms with Crippen LogP contribution in [-0.2, 0) is 21.4 Å². The molecule has 0 heterocycles. The number of nitrogens with one attached hydrogen (secondary N) is 1. The molecule has 0 unspecified atom stereocenters. The van der Waals surface area contributed by atoms with Crippen molar-refractivity contribution < 1.29 is 13.2 Å². The van der Waals surface area contributed by atoms with Gasteiger partial charge >= 0.3 is 0 Å². The van der Waals surface area contributed by atoms with Crippen LogP contribution >= 0.6 is 27.7 Å². The topological polar surface area (TPSA) is 89.3 Å². The summed E-state index contributed by atoms with van der Waals surface area (Å²) in [5, 5.41) is 7.88. The van der Waals surface area contributed by atoms with Gasteiger partial charge in [-0.3, -0.25) is 4.79 Å². The molecule has 0 bridgehead atoms. The van der Waals surface area contributed by atoms with Crippen LogP contribution in [0.3, 0.4) is 0 Å². The van der Waals surface area contributed by atoms with Gasteiger partial charge in [0.25, 0.3) is 0 Å². The highest BCUT2D eigenvalue weighted by Gasteiger charge is 2.09. The zero-order valence-electron chi connectivity index (χ0n) is 13.9. The van der Waals surface area contributed by atoms with Crippen LogP contribution in [0.1, 0.15) is 16.7 Å². The Kier molecular flexibility index (Phi) is 6.67. The van der Waals surface area contributed by atoms with Crippen molar-refractivity contribution in [3.63, 3.8) is 0 Å². The van der Waals surface area contributed by atoms with Gasteiger partial charge in [0, 0.05) is 15.9 Å². The normalized spacial score (nSPS) is 11.4. The lowest BCUT2D eigenvalue weighted by Crippen LogP contribution is -2.24. The third-order valence-electron chi connectivity index (χ3n) is 3.56. The molecule has 134 valence electrons. The third-order valence-corrected chi connectivity index (χ3v) is 6.50. The third kappa shape index (κ3) is 5.85. The Morgan fingerprint density at radius 3 is 2.40 bits per heavy atom. The van der Waals surface area contributed by atoms with Gasteiger partial charge in [-0.2, -0.15) is 0 Å². The summed E-state index contributed by atoms with van der Waals surface area (Å²) in [5.41, 5.74) is 3.05. The number of thioether (sulfide) groups is 1. The number of rotatable bonds is 6. The van der Waals surface area contributed by atoms with E-state index in [-0.39, 0.29) is 10.8 Å². The summed E-state index contributed by atoms with van der Waals surface area (Å²) in [6, 6.07) is 10.2. The van der Waals surface area contributed by atoms with E-state index in [1.807, 2.05) is 19.9 Å². The van der Waals surface area contributed by atoms with E-state index in [2.05, 4.69) is 27.3 Å². The molecule has 3 N–H and O–H groups in total. The van der Waals surface area contributed by atoms with Crippen molar-refractivity contribution in [3.05, 3.63) is 57.6 Å². The first-order valence-electron chi connectivity index (χ1n) is 7.45. The van der Waals surface area contributed by atoms with Gasteiger partial charge in [0.05, 0.1) is 10.6 Å². The molecular weight excluding hydrogens is 424 g/mol. The fourth-order valence-electron chi connectivity index (χ4n) is 2.10. The second-order valence-electron chi connectivity index (χ2n) is 5.62. The van der Waals surface area contributed by atoms with E-state index in [4.69, 9.17) is 5.14 Å². The van der Waals surface area contributed by atoms with E-state index in [1.54, 1.807) is 12.1 Å². The molecule has 0 aliphatic heterocycles.